The van der Waals surface area contributed by atoms with Gasteiger partial charge in [-0.15, -0.1) is 0 Å². The van der Waals surface area contributed by atoms with Crippen molar-refractivity contribution in [2.75, 3.05) is 6.61 Å². The molecule has 3 rings (SSSR count). The lowest BCUT2D eigenvalue weighted by Crippen LogP contribution is -2.24. The molecule has 4 nitrogen and oxygen atoms in total. The standard InChI is InChI=1S/C22H26FNO3/c1-4-7-15-9-11-17-18(16-10-8-14(5-2)12-19(16)23)13-20(22(25)26-6-3)24-21(17)27-15/h8,10,12-13,15H,4-7,9,11H2,1-3H3. The highest BCUT2D eigenvalue weighted by atomic mass is 19.1. The Morgan fingerprint density at radius 3 is 2.74 bits per heavy atom. The molecular weight excluding hydrogens is 345 g/mol. The minimum atomic E-state index is -0.520. The second-order valence-electron chi connectivity index (χ2n) is 6.79. The Bertz CT molecular complexity index is 835. The number of carbonyl (C=O) groups is 1. The molecule has 2 aromatic rings. The van der Waals surface area contributed by atoms with Crippen LogP contribution in [-0.4, -0.2) is 23.7 Å². The van der Waals surface area contributed by atoms with E-state index in [9.17, 15) is 9.18 Å². The van der Waals surface area contributed by atoms with Gasteiger partial charge in [0.2, 0.25) is 5.88 Å². The number of ether oxygens (including phenoxy) is 2. The van der Waals surface area contributed by atoms with E-state index < -0.39 is 5.97 Å². The highest BCUT2D eigenvalue weighted by Gasteiger charge is 2.27. The number of pyridine rings is 1. The lowest BCUT2D eigenvalue weighted by atomic mass is 9.92. The van der Waals surface area contributed by atoms with Crippen molar-refractivity contribution in [2.45, 2.75) is 59.0 Å². The van der Waals surface area contributed by atoms with E-state index in [1.807, 2.05) is 13.0 Å². The Labute approximate surface area is 159 Å². The Hall–Kier alpha value is -2.43. The third-order valence-corrected chi connectivity index (χ3v) is 4.91. The van der Waals surface area contributed by atoms with Crippen molar-refractivity contribution in [3.63, 3.8) is 0 Å². The summed E-state index contributed by atoms with van der Waals surface area (Å²) < 4.78 is 25.9. The maximum atomic E-state index is 14.8. The summed E-state index contributed by atoms with van der Waals surface area (Å²) in [6.07, 6.45) is 4.40. The molecule has 1 atom stereocenters. The molecule has 0 amide bonds. The number of halogens is 1. The van der Waals surface area contributed by atoms with Gasteiger partial charge in [0.05, 0.1) is 6.61 Å². The van der Waals surface area contributed by atoms with Crippen LogP contribution in [0, 0.1) is 5.82 Å². The van der Waals surface area contributed by atoms with E-state index >= 15 is 0 Å². The predicted molar refractivity (Wildman–Crippen MR) is 103 cm³/mol. The summed E-state index contributed by atoms with van der Waals surface area (Å²) in [6.45, 7) is 6.10. The topological polar surface area (TPSA) is 48.4 Å². The first-order valence-corrected chi connectivity index (χ1v) is 9.73. The maximum Gasteiger partial charge on any atom is 0.357 e. The van der Waals surface area contributed by atoms with Gasteiger partial charge in [0, 0.05) is 11.1 Å². The summed E-state index contributed by atoms with van der Waals surface area (Å²) in [5.41, 5.74) is 3.08. The largest absolute Gasteiger partial charge is 0.474 e. The molecule has 2 heterocycles. The highest BCUT2D eigenvalue weighted by Crippen LogP contribution is 2.37. The van der Waals surface area contributed by atoms with Gasteiger partial charge in [0.15, 0.2) is 5.69 Å². The van der Waals surface area contributed by atoms with Crippen LogP contribution in [0.1, 0.15) is 61.6 Å². The van der Waals surface area contributed by atoms with Crippen LogP contribution in [-0.2, 0) is 17.6 Å². The number of hydrogen-bond acceptors (Lipinski definition) is 4. The van der Waals surface area contributed by atoms with E-state index in [0.717, 1.165) is 43.2 Å². The predicted octanol–water partition coefficient (Wildman–Crippen LogP) is 5.12. The molecule has 0 spiro atoms. The van der Waals surface area contributed by atoms with Crippen LogP contribution in [0.5, 0.6) is 5.88 Å². The molecule has 0 saturated carbocycles. The summed E-state index contributed by atoms with van der Waals surface area (Å²) in [5, 5.41) is 0. The second-order valence-corrected chi connectivity index (χ2v) is 6.79. The van der Waals surface area contributed by atoms with Crippen molar-refractivity contribution < 1.29 is 18.7 Å². The smallest absolute Gasteiger partial charge is 0.357 e. The maximum absolute atomic E-state index is 14.8. The average Bonchev–Trinajstić information content (AvgIpc) is 2.67. The van der Waals surface area contributed by atoms with E-state index in [1.54, 1.807) is 25.1 Å². The molecule has 1 aromatic heterocycles. The Morgan fingerprint density at radius 2 is 2.07 bits per heavy atom. The lowest BCUT2D eigenvalue weighted by Gasteiger charge is -2.27. The minimum Gasteiger partial charge on any atom is -0.474 e. The van der Waals surface area contributed by atoms with E-state index in [1.165, 1.54) is 0 Å². The van der Waals surface area contributed by atoms with Crippen LogP contribution >= 0.6 is 0 Å². The van der Waals surface area contributed by atoms with E-state index in [0.29, 0.717) is 17.0 Å². The van der Waals surface area contributed by atoms with Gasteiger partial charge < -0.3 is 9.47 Å². The van der Waals surface area contributed by atoms with Gasteiger partial charge in [-0.2, -0.15) is 0 Å². The quantitative estimate of drug-likeness (QED) is 0.661. The molecular formula is C22H26FNO3. The average molecular weight is 371 g/mol. The molecule has 1 aliphatic heterocycles. The summed E-state index contributed by atoms with van der Waals surface area (Å²) in [4.78, 5) is 16.7. The first-order chi connectivity index (χ1) is 13.1. The van der Waals surface area contributed by atoms with Crippen LogP contribution in [0.4, 0.5) is 4.39 Å². The van der Waals surface area contributed by atoms with Gasteiger partial charge in [-0.1, -0.05) is 32.4 Å². The molecule has 1 aliphatic rings. The van der Waals surface area contributed by atoms with Crippen molar-refractivity contribution in [3.05, 3.63) is 46.9 Å². The number of carbonyl (C=O) groups excluding carboxylic acids is 1. The first kappa shape index (κ1) is 19.3. The summed E-state index contributed by atoms with van der Waals surface area (Å²) in [5.74, 6) is -0.388. The van der Waals surface area contributed by atoms with Crippen molar-refractivity contribution in [1.82, 2.24) is 4.98 Å². The number of fused-ring (bicyclic) bond motifs is 1. The van der Waals surface area contributed by atoms with Gasteiger partial charge >= 0.3 is 5.97 Å². The number of nitrogens with zero attached hydrogens (tertiary/aromatic N) is 1. The summed E-state index contributed by atoms with van der Waals surface area (Å²) in [7, 11) is 0. The Kier molecular flexibility index (Phi) is 6.09. The van der Waals surface area contributed by atoms with E-state index in [-0.39, 0.29) is 24.2 Å². The molecule has 0 bridgehead atoms. The third kappa shape index (κ3) is 4.12. The minimum absolute atomic E-state index is 0.0765. The molecule has 5 heteroatoms. The zero-order valence-corrected chi connectivity index (χ0v) is 16.2. The zero-order chi connectivity index (χ0) is 19.4. The van der Waals surface area contributed by atoms with Gasteiger partial charge in [-0.05, 0) is 55.9 Å². The summed E-state index contributed by atoms with van der Waals surface area (Å²) in [6, 6.07) is 6.87. The van der Waals surface area contributed by atoms with Gasteiger partial charge in [0.25, 0.3) is 0 Å². The molecule has 0 N–H and O–H groups in total. The number of hydrogen-bond donors (Lipinski definition) is 0. The second kappa shape index (κ2) is 8.51. The third-order valence-electron chi connectivity index (χ3n) is 4.91. The van der Waals surface area contributed by atoms with Gasteiger partial charge in [-0.25, -0.2) is 14.2 Å². The number of esters is 1. The van der Waals surface area contributed by atoms with Crippen molar-refractivity contribution in [3.8, 4) is 17.0 Å². The fraction of sp³-hybridized carbons (Fsp3) is 0.455. The fourth-order valence-corrected chi connectivity index (χ4v) is 3.48. The number of benzene rings is 1. The van der Waals surface area contributed by atoms with Crippen LogP contribution in [0.15, 0.2) is 24.3 Å². The normalized spacial score (nSPS) is 15.8. The van der Waals surface area contributed by atoms with Crippen molar-refractivity contribution in [1.29, 1.82) is 0 Å². The first-order valence-electron chi connectivity index (χ1n) is 9.73. The van der Waals surface area contributed by atoms with Gasteiger partial charge in [0.1, 0.15) is 11.9 Å². The van der Waals surface area contributed by atoms with Crippen molar-refractivity contribution >= 4 is 5.97 Å². The van der Waals surface area contributed by atoms with E-state index in [4.69, 9.17) is 9.47 Å². The lowest BCUT2D eigenvalue weighted by molar-refractivity contribution is 0.0516. The highest BCUT2D eigenvalue weighted by molar-refractivity contribution is 5.90. The SMILES string of the molecule is CCCC1CCc2c(-c3ccc(CC)cc3F)cc(C(=O)OCC)nc2O1. The van der Waals surface area contributed by atoms with Crippen LogP contribution in [0.3, 0.4) is 0 Å². The molecule has 0 aliphatic carbocycles. The van der Waals surface area contributed by atoms with Crippen LogP contribution in [0.25, 0.3) is 11.1 Å². The van der Waals surface area contributed by atoms with Crippen LogP contribution < -0.4 is 4.74 Å². The molecule has 0 saturated heterocycles. The molecule has 144 valence electrons. The molecule has 1 aromatic carbocycles. The number of rotatable bonds is 6. The Balaban J connectivity index is 2.10. The van der Waals surface area contributed by atoms with E-state index in [2.05, 4.69) is 11.9 Å². The molecule has 1 unspecified atom stereocenters. The molecule has 27 heavy (non-hydrogen) atoms. The number of aryl methyl sites for hydroxylation is 1. The fourth-order valence-electron chi connectivity index (χ4n) is 3.48. The van der Waals surface area contributed by atoms with Gasteiger partial charge in [-0.3, -0.25) is 0 Å². The summed E-state index contributed by atoms with van der Waals surface area (Å²) >= 11 is 0. The van der Waals surface area contributed by atoms with Crippen LogP contribution in [0.2, 0.25) is 0 Å². The Morgan fingerprint density at radius 1 is 1.26 bits per heavy atom. The zero-order valence-electron chi connectivity index (χ0n) is 16.2. The number of aromatic nitrogens is 1. The molecule has 0 fully saturated rings. The molecule has 0 radical (unpaired) electrons. The van der Waals surface area contributed by atoms with Crippen molar-refractivity contribution in [2.24, 2.45) is 0 Å². The monoisotopic (exact) mass is 371 g/mol.